The molecule has 0 bridgehead atoms. The maximum Gasteiger partial charge on any atom is 0.130 e. The van der Waals surface area contributed by atoms with Crippen molar-refractivity contribution >= 4 is 0 Å². The van der Waals surface area contributed by atoms with Crippen molar-refractivity contribution in [2.75, 3.05) is 0 Å². The van der Waals surface area contributed by atoms with Gasteiger partial charge in [0.05, 0.1) is 6.10 Å². The first-order valence-corrected chi connectivity index (χ1v) is 8.53. The van der Waals surface area contributed by atoms with E-state index >= 15 is 0 Å². The molecule has 1 saturated carbocycles. The van der Waals surface area contributed by atoms with Crippen LogP contribution in [0.15, 0.2) is 10.5 Å². The highest BCUT2D eigenvalue weighted by Crippen LogP contribution is 2.30. The molecule has 1 aromatic rings. The van der Waals surface area contributed by atoms with Crippen LogP contribution >= 0.6 is 0 Å². The fourth-order valence-corrected chi connectivity index (χ4v) is 3.20. The monoisotopic (exact) mass is 293 g/mol. The molecule has 120 valence electrons. The lowest BCUT2D eigenvalue weighted by Gasteiger charge is -2.30. The summed E-state index contributed by atoms with van der Waals surface area (Å²) in [4.78, 5) is 0. The van der Waals surface area contributed by atoms with E-state index < -0.39 is 0 Å². The number of aryl methyl sites for hydroxylation is 1. The van der Waals surface area contributed by atoms with Crippen LogP contribution in [0.2, 0.25) is 0 Å². The smallest absolute Gasteiger partial charge is 0.130 e. The van der Waals surface area contributed by atoms with Gasteiger partial charge in [-0.15, -0.1) is 0 Å². The van der Waals surface area contributed by atoms with Crippen molar-refractivity contribution in [3.05, 3.63) is 23.2 Å². The predicted molar refractivity (Wildman–Crippen MR) is 86.2 cm³/mol. The van der Waals surface area contributed by atoms with Crippen LogP contribution in [0.1, 0.15) is 70.0 Å². The van der Waals surface area contributed by atoms with Gasteiger partial charge in [-0.3, -0.25) is 0 Å². The molecular weight excluding hydrogens is 262 g/mol. The number of hydrogen-bond acceptors (Lipinski definition) is 3. The molecule has 2 rings (SSSR count). The number of nitrogens with one attached hydrogen (secondary N) is 1. The van der Waals surface area contributed by atoms with Crippen LogP contribution in [-0.4, -0.2) is 12.1 Å². The lowest BCUT2D eigenvalue weighted by atomic mass is 9.85. The lowest BCUT2D eigenvalue weighted by molar-refractivity contribution is -0.0285. The second-order valence-corrected chi connectivity index (χ2v) is 6.63. The summed E-state index contributed by atoms with van der Waals surface area (Å²) < 4.78 is 12.0. The highest BCUT2D eigenvalue weighted by Gasteiger charge is 2.24. The fraction of sp³-hybridized carbons (Fsp3) is 0.778. The van der Waals surface area contributed by atoms with Gasteiger partial charge < -0.3 is 14.5 Å². The molecule has 0 saturated heterocycles. The molecule has 0 spiro atoms. The molecule has 2 atom stereocenters. The van der Waals surface area contributed by atoms with E-state index in [0.717, 1.165) is 24.0 Å². The Morgan fingerprint density at radius 1 is 1.33 bits per heavy atom. The summed E-state index contributed by atoms with van der Waals surface area (Å²) in [5.41, 5.74) is 1.25. The zero-order valence-corrected chi connectivity index (χ0v) is 14.1. The highest BCUT2D eigenvalue weighted by atomic mass is 16.5. The quantitative estimate of drug-likeness (QED) is 0.799. The molecule has 3 nitrogen and oxygen atoms in total. The minimum Gasteiger partial charge on any atom is -0.464 e. The molecule has 2 unspecified atom stereocenters. The summed E-state index contributed by atoms with van der Waals surface area (Å²) in [7, 11) is 0. The van der Waals surface area contributed by atoms with Crippen LogP contribution in [-0.2, 0) is 17.9 Å². The van der Waals surface area contributed by atoms with Gasteiger partial charge in [-0.2, -0.15) is 0 Å². The van der Waals surface area contributed by atoms with Crippen molar-refractivity contribution in [1.82, 2.24) is 5.32 Å². The van der Waals surface area contributed by atoms with Crippen LogP contribution in [0, 0.1) is 12.8 Å². The average Bonchev–Trinajstić information content (AvgIpc) is 2.83. The van der Waals surface area contributed by atoms with E-state index in [-0.39, 0.29) is 0 Å². The molecule has 1 N–H and O–H groups in total. The van der Waals surface area contributed by atoms with E-state index in [0.29, 0.717) is 18.8 Å². The SMILES string of the molecule is CCC1CCCCC1OCc1cc(CNC(C)C)c(C)o1. The minimum atomic E-state index is 0.423. The van der Waals surface area contributed by atoms with Gasteiger partial charge in [0.2, 0.25) is 0 Å². The highest BCUT2D eigenvalue weighted by molar-refractivity contribution is 5.20. The van der Waals surface area contributed by atoms with E-state index in [1.54, 1.807) is 0 Å². The Balaban J connectivity index is 1.86. The van der Waals surface area contributed by atoms with Gasteiger partial charge in [0.1, 0.15) is 18.1 Å². The molecule has 1 aromatic heterocycles. The Kier molecular flexibility index (Phi) is 6.31. The van der Waals surface area contributed by atoms with Crippen molar-refractivity contribution in [1.29, 1.82) is 0 Å². The molecule has 1 aliphatic rings. The second-order valence-electron chi connectivity index (χ2n) is 6.63. The third-order valence-corrected chi connectivity index (χ3v) is 4.58. The van der Waals surface area contributed by atoms with Gasteiger partial charge in [-0.25, -0.2) is 0 Å². The Hall–Kier alpha value is -0.800. The lowest BCUT2D eigenvalue weighted by Crippen LogP contribution is -2.27. The largest absolute Gasteiger partial charge is 0.464 e. The fourth-order valence-electron chi connectivity index (χ4n) is 3.20. The molecule has 0 aliphatic heterocycles. The number of ether oxygens (including phenoxy) is 1. The van der Waals surface area contributed by atoms with Crippen LogP contribution in [0.5, 0.6) is 0 Å². The summed E-state index contributed by atoms with van der Waals surface area (Å²) in [5.74, 6) is 2.71. The van der Waals surface area contributed by atoms with Crippen LogP contribution in [0.3, 0.4) is 0 Å². The number of hydrogen-bond donors (Lipinski definition) is 1. The van der Waals surface area contributed by atoms with Crippen molar-refractivity contribution < 1.29 is 9.15 Å². The molecule has 1 aliphatic carbocycles. The minimum absolute atomic E-state index is 0.423. The third-order valence-electron chi connectivity index (χ3n) is 4.58. The normalized spacial score (nSPS) is 22.9. The Labute approximate surface area is 129 Å². The molecule has 21 heavy (non-hydrogen) atoms. The van der Waals surface area contributed by atoms with Gasteiger partial charge in [-0.05, 0) is 31.7 Å². The topological polar surface area (TPSA) is 34.4 Å². The van der Waals surface area contributed by atoms with E-state index in [1.807, 2.05) is 6.92 Å². The van der Waals surface area contributed by atoms with Gasteiger partial charge in [0.25, 0.3) is 0 Å². The molecular formula is C18H31NO2. The summed E-state index contributed by atoms with van der Waals surface area (Å²) in [5, 5.41) is 3.44. The molecule has 1 fully saturated rings. The Morgan fingerprint density at radius 2 is 2.10 bits per heavy atom. The van der Waals surface area contributed by atoms with Crippen molar-refractivity contribution in [3.8, 4) is 0 Å². The van der Waals surface area contributed by atoms with E-state index in [4.69, 9.17) is 9.15 Å². The molecule has 0 aromatic carbocycles. The van der Waals surface area contributed by atoms with Gasteiger partial charge in [0, 0.05) is 18.2 Å². The zero-order valence-electron chi connectivity index (χ0n) is 14.1. The first-order chi connectivity index (χ1) is 10.1. The first kappa shape index (κ1) is 16.6. The molecule has 0 amide bonds. The van der Waals surface area contributed by atoms with E-state index in [9.17, 15) is 0 Å². The maximum atomic E-state index is 6.15. The predicted octanol–water partition coefficient (Wildman–Crippen LogP) is 4.57. The van der Waals surface area contributed by atoms with Crippen LogP contribution in [0.25, 0.3) is 0 Å². The Bertz CT molecular complexity index is 425. The van der Waals surface area contributed by atoms with Crippen LogP contribution in [0.4, 0.5) is 0 Å². The van der Waals surface area contributed by atoms with Crippen molar-refractivity contribution in [2.45, 2.75) is 85.1 Å². The third kappa shape index (κ3) is 4.86. The van der Waals surface area contributed by atoms with Gasteiger partial charge in [0.15, 0.2) is 0 Å². The summed E-state index contributed by atoms with van der Waals surface area (Å²) in [6.07, 6.45) is 6.85. The summed E-state index contributed by atoms with van der Waals surface area (Å²) >= 11 is 0. The average molecular weight is 293 g/mol. The standard InChI is InChI=1S/C18H31NO2/c1-5-15-8-6-7-9-18(15)20-12-17-10-16(14(4)21-17)11-19-13(2)3/h10,13,15,18-19H,5-9,11-12H2,1-4H3. The zero-order chi connectivity index (χ0) is 15.2. The maximum absolute atomic E-state index is 6.15. The van der Waals surface area contributed by atoms with Crippen molar-refractivity contribution in [3.63, 3.8) is 0 Å². The first-order valence-electron chi connectivity index (χ1n) is 8.53. The molecule has 0 radical (unpaired) electrons. The molecule has 3 heteroatoms. The Morgan fingerprint density at radius 3 is 2.81 bits per heavy atom. The van der Waals surface area contributed by atoms with Gasteiger partial charge in [-0.1, -0.05) is 40.0 Å². The van der Waals surface area contributed by atoms with E-state index in [2.05, 4.69) is 32.2 Å². The van der Waals surface area contributed by atoms with Crippen LogP contribution < -0.4 is 5.32 Å². The van der Waals surface area contributed by atoms with E-state index in [1.165, 1.54) is 37.7 Å². The van der Waals surface area contributed by atoms with Crippen molar-refractivity contribution in [2.24, 2.45) is 5.92 Å². The number of furan rings is 1. The summed E-state index contributed by atoms with van der Waals surface area (Å²) in [6, 6.07) is 2.64. The number of rotatable bonds is 7. The molecule has 1 heterocycles. The second kappa shape index (κ2) is 8.00. The summed E-state index contributed by atoms with van der Waals surface area (Å²) in [6.45, 7) is 10.1. The van der Waals surface area contributed by atoms with Gasteiger partial charge >= 0.3 is 0 Å².